The number of nitrogens with zero attached hydrogens (tertiary/aromatic N) is 1. The molecule has 128 valence electrons. The van der Waals surface area contributed by atoms with Crippen molar-refractivity contribution in [3.63, 3.8) is 0 Å². The van der Waals surface area contributed by atoms with E-state index in [1.165, 1.54) is 11.5 Å². The molecular weight excluding hydrogens is 333 g/mol. The second kappa shape index (κ2) is 6.33. The summed E-state index contributed by atoms with van der Waals surface area (Å²) in [6, 6.07) is 31.4. The van der Waals surface area contributed by atoms with Crippen molar-refractivity contribution in [1.82, 2.24) is 4.98 Å². The summed E-state index contributed by atoms with van der Waals surface area (Å²) in [6.07, 6.45) is 0. The van der Waals surface area contributed by atoms with E-state index in [0.29, 0.717) is 11.3 Å². The summed E-state index contributed by atoms with van der Waals surface area (Å²) < 4.78 is 14.4. The summed E-state index contributed by atoms with van der Waals surface area (Å²) in [7, 11) is 0. The number of benzene rings is 4. The lowest BCUT2D eigenvalue weighted by Crippen LogP contribution is -1.93. The molecule has 0 spiro atoms. The molecule has 0 aliphatic carbocycles. The van der Waals surface area contributed by atoms with Crippen LogP contribution in [-0.4, -0.2) is 4.98 Å². The second-order valence-electron chi connectivity index (χ2n) is 6.58. The maximum atomic E-state index is 14.4. The molecule has 0 fully saturated rings. The molecule has 27 heavy (non-hydrogen) atoms. The maximum Gasteiger partial charge on any atom is 0.132 e. The molecule has 2 heteroatoms. The van der Waals surface area contributed by atoms with Crippen molar-refractivity contribution in [3.8, 4) is 22.4 Å². The molecule has 0 bridgehead atoms. The molecule has 0 atom stereocenters. The number of hydrogen-bond donors (Lipinski definition) is 0. The van der Waals surface area contributed by atoms with E-state index >= 15 is 0 Å². The lowest BCUT2D eigenvalue weighted by molar-refractivity contribution is 0.631. The number of halogens is 1. The highest BCUT2D eigenvalue weighted by Crippen LogP contribution is 2.36. The van der Waals surface area contributed by atoms with Gasteiger partial charge in [-0.3, -0.25) is 0 Å². The maximum absolute atomic E-state index is 14.4. The van der Waals surface area contributed by atoms with Crippen LogP contribution in [0.4, 0.5) is 4.39 Å². The number of pyridine rings is 1. The molecule has 0 unspecified atom stereocenters. The molecular formula is C25H16FN. The van der Waals surface area contributed by atoms with Crippen LogP contribution in [0.3, 0.4) is 0 Å². The van der Waals surface area contributed by atoms with E-state index in [2.05, 4.69) is 30.3 Å². The van der Waals surface area contributed by atoms with Gasteiger partial charge in [0.05, 0.1) is 11.2 Å². The van der Waals surface area contributed by atoms with Gasteiger partial charge in [0.2, 0.25) is 0 Å². The van der Waals surface area contributed by atoms with Gasteiger partial charge in [-0.15, -0.1) is 0 Å². The molecule has 0 aliphatic heterocycles. The Hall–Kier alpha value is -3.52. The van der Waals surface area contributed by atoms with Gasteiger partial charge in [0.25, 0.3) is 0 Å². The first-order chi connectivity index (χ1) is 13.3. The molecule has 0 saturated heterocycles. The molecule has 4 aromatic carbocycles. The van der Waals surface area contributed by atoms with Gasteiger partial charge < -0.3 is 0 Å². The molecule has 5 aromatic rings. The summed E-state index contributed by atoms with van der Waals surface area (Å²) in [5.41, 5.74) is 4.20. The zero-order chi connectivity index (χ0) is 18.2. The third-order valence-electron chi connectivity index (χ3n) is 4.93. The highest BCUT2D eigenvalue weighted by atomic mass is 19.1. The summed E-state index contributed by atoms with van der Waals surface area (Å²) in [5, 5.41) is 3.42. The number of hydrogen-bond acceptors (Lipinski definition) is 1. The zero-order valence-corrected chi connectivity index (χ0v) is 14.6. The van der Waals surface area contributed by atoms with E-state index in [4.69, 9.17) is 4.98 Å². The first-order valence-corrected chi connectivity index (χ1v) is 8.94. The number of aromatic nitrogens is 1. The molecule has 1 aromatic heterocycles. The SMILES string of the molecule is Fc1ccccc1-c1cc(-c2ccccc2)c2c(ccc3ccccc32)n1. The topological polar surface area (TPSA) is 12.9 Å². The minimum atomic E-state index is -0.260. The van der Waals surface area contributed by atoms with Crippen LogP contribution >= 0.6 is 0 Å². The van der Waals surface area contributed by atoms with Crippen LogP contribution in [0.15, 0.2) is 97.1 Å². The standard InChI is InChI=1S/C25H16FN/c26-22-13-7-6-12-20(22)24-16-21(17-8-2-1-3-9-17)25-19-11-5-4-10-18(19)14-15-23(25)27-24/h1-16H. The Morgan fingerprint density at radius 2 is 1.37 bits per heavy atom. The van der Waals surface area contributed by atoms with Gasteiger partial charge in [-0.25, -0.2) is 9.37 Å². The number of rotatable bonds is 2. The van der Waals surface area contributed by atoms with Crippen LogP contribution in [0.5, 0.6) is 0 Å². The van der Waals surface area contributed by atoms with E-state index in [9.17, 15) is 4.39 Å². The van der Waals surface area contributed by atoms with Crippen molar-refractivity contribution in [2.45, 2.75) is 0 Å². The average Bonchev–Trinajstić information content (AvgIpc) is 2.74. The summed E-state index contributed by atoms with van der Waals surface area (Å²) in [5.74, 6) is -0.260. The van der Waals surface area contributed by atoms with Crippen LogP contribution in [0, 0.1) is 5.82 Å². The van der Waals surface area contributed by atoms with Crippen LogP contribution < -0.4 is 0 Å². The van der Waals surface area contributed by atoms with Crippen LogP contribution in [0.2, 0.25) is 0 Å². The van der Waals surface area contributed by atoms with E-state index < -0.39 is 0 Å². The molecule has 0 N–H and O–H groups in total. The predicted molar refractivity (Wildman–Crippen MR) is 110 cm³/mol. The zero-order valence-electron chi connectivity index (χ0n) is 14.6. The van der Waals surface area contributed by atoms with E-state index in [1.807, 2.05) is 48.5 Å². The lowest BCUT2D eigenvalue weighted by atomic mass is 9.94. The van der Waals surface area contributed by atoms with Gasteiger partial charge in [-0.1, -0.05) is 72.8 Å². The minimum Gasteiger partial charge on any atom is -0.248 e. The van der Waals surface area contributed by atoms with Crippen molar-refractivity contribution in [2.24, 2.45) is 0 Å². The van der Waals surface area contributed by atoms with E-state index in [1.54, 1.807) is 12.1 Å². The molecule has 1 nitrogen and oxygen atoms in total. The highest BCUT2D eigenvalue weighted by molar-refractivity contribution is 6.13. The van der Waals surface area contributed by atoms with Crippen molar-refractivity contribution >= 4 is 21.7 Å². The molecule has 0 saturated carbocycles. The van der Waals surface area contributed by atoms with Gasteiger partial charge in [-0.2, -0.15) is 0 Å². The Balaban J connectivity index is 1.92. The van der Waals surface area contributed by atoms with Crippen LogP contribution in [0.1, 0.15) is 0 Å². The third kappa shape index (κ3) is 2.67. The van der Waals surface area contributed by atoms with Crippen LogP contribution in [0.25, 0.3) is 44.1 Å². The predicted octanol–water partition coefficient (Wildman–Crippen LogP) is 6.86. The van der Waals surface area contributed by atoms with Crippen molar-refractivity contribution < 1.29 is 4.39 Å². The summed E-state index contributed by atoms with van der Waals surface area (Å²) in [4.78, 5) is 4.80. The normalized spacial score (nSPS) is 11.1. The Morgan fingerprint density at radius 3 is 2.22 bits per heavy atom. The largest absolute Gasteiger partial charge is 0.248 e. The van der Waals surface area contributed by atoms with Gasteiger partial charge >= 0.3 is 0 Å². The Morgan fingerprint density at radius 1 is 0.630 bits per heavy atom. The molecule has 5 rings (SSSR count). The number of fused-ring (bicyclic) bond motifs is 3. The van der Waals surface area contributed by atoms with Gasteiger partial charge in [0.1, 0.15) is 5.82 Å². The molecule has 1 heterocycles. The Kier molecular flexibility index (Phi) is 3.68. The van der Waals surface area contributed by atoms with E-state index in [-0.39, 0.29) is 5.82 Å². The summed E-state index contributed by atoms with van der Waals surface area (Å²) >= 11 is 0. The van der Waals surface area contributed by atoms with Crippen molar-refractivity contribution in [1.29, 1.82) is 0 Å². The lowest BCUT2D eigenvalue weighted by Gasteiger charge is -2.13. The van der Waals surface area contributed by atoms with Crippen molar-refractivity contribution in [3.05, 3.63) is 103 Å². The Bertz CT molecular complexity index is 1280. The fourth-order valence-electron chi connectivity index (χ4n) is 3.66. The first-order valence-electron chi connectivity index (χ1n) is 8.94. The van der Waals surface area contributed by atoms with Gasteiger partial charge in [-0.05, 0) is 46.2 Å². The van der Waals surface area contributed by atoms with Gasteiger partial charge in [0.15, 0.2) is 0 Å². The van der Waals surface area contributed by atoms with Gasteiger partial charge in [0, 0.05) is 10.9 Å². The summed E-state index contributed by atoms with van der Waals surface area (Å²) in [6.45, 7) is 0. The van der Waals surface area contributed by atoms with E-state index in [0.717, 1.165) is 27.4 Å². The first kappa shape index (κ1) is 15.7. The quantitative estimate of drug-likeness (QED) is 0.317. The fourth-order valence-corrected chi connectivity index (χ4v) is 3.66. The average molecular weight is 349 g/mol. The monoisotopic (exact) mass is 349 g/mol. The third-order valence-corrected chi connectivity index (χ3v) is 4.93. The molecule has 0 aliphatic rings. The molecule has 0 radical (unpaired) electrons. The smallest absolute Gasteiger partial charge is 0.132 e. The Labute approximate surface area is 156 Å². The second-order valence-corrected chi connectivity index (χ2v) is 6.58. The molecule has 0 amide bonds. The van der Waals surface area contributed by atoms with Crippen molar-refractivity contribution in [2.75, 3.05) is 0 Å². The minimum absolute atomic E-state index is 0.260. The highest BCUT2D eigenvalue weighted by Gasteiger charge is 2.14. The fraction of sp³-hybridized carbons (Fsp3) is 0. The van der Waals surface area contributed by atoms with Crippen LogP contribution in [-0.2, 0) is 0 Å².